The standard InChI is InChI=1S/C25H22N4O6/c1-14-2-7-18(8-3-14)27-21(30)13-35-20-9-4-15(10-19(20)29(33)34)12-26-28-24(31)22-16-5-6-17(11-16)23(22)25(28)32/h2-10,12,16-17,22-23H,11,13H2,1H3,(H,27,30)/t16-,17-,22-,23+/m0/s1. The lowest BCUT2D eigenvalue weighted by Crippen LogP contribution is -2.28. The number of anilines is 1. The molecule has 178 valence electrons. The topological polar surface area (TPSA) is 131 Å². The molecule has 2 bridgehead atoms. The van der Waals surface area contributed by atoms with Gasteiger partial charge in [0.1, 0.15) is 0 Å². The number of benzene rings is 2. The fraction of sp³-hybridized carbons (Fsp3) is 0.280. The van der Waals surface area contributed by atoms with Gasteiger partial charge < -0.3 is 10.1 Å². The molecule has 1 saturated heterocycles. The Balaban J connectivity index is 1.25. The van der Waals surface area contributed by atoms with Gasteiger partial charge in [0.15, 0.2) is 12.4 Å². The lowest BCUT2D eigenvalue weighted by molar-refractivity contribution is -0.385. The average molecular weight is 474 g/mol. The molecule has 3 aliphatic rings. The minimum atomic E-state index is -0.634. The molecule has 0 spiro atoms. The molecule has 4 atom stereocenters. The Morgan fingerprint density at radius 3 is 2.43 bits per heavy atom. The molecule has 10 nitrogen and oxygen atoms in total. The van der Waals surface area contributed by atoms with Crippen molar-refractivity contribution in [3.63, 3.8) is 0 Å². The van der Waals surface area contributed by atoms with Crippen LogP contribution in [0.2, 0.25) is 0 Å². The number of fused-ring (bicyclic) bond motifs is 5. The fourth-order valence-electron chi connectivity index (χ4n) is 4.98. The number of aryl methyl sites for hydroxylation is 1. The molecule has 0 radical (unpaired) electrons. The number of nitro benzene ring substituents is 1. The summed E-state index contributed by atoms with van der Waals surface area (Å²) in [6.07, 6.45) is 6.05. The average Bonchev–Trinajstić information content (AvgIpc) is 3.52. The van der Waals surface area contributed by atoms with E-state index in [9.17, 15) is 24.5 Å². The smallest absolute Gasteiger partial charge is 0.311 e. The number of imide groups is 1. The SMILES string of the molecule is Cc1ccc(NC(=O)COc2ccc(C=NN3C(=O)[C@@H]4[C@H](C3=O)[C@H]3C=C[C@H]4C3)cc2[N+](=O)[O-])cc1. The van der Waals surface area contributed by atoms with Crippen molar-refractivity contribution in [2.45, 2.75) is 13.3 Å². The quantitative estimate of drug-likeness (QED) is 0.216. The molecule has 1 heterocycles. The molecule has 0 aromatic heterocycles. The third kappa shape index (κ3) is 4.18. The summed E-state index contributed by atoms with van der Waals surface area (Å²) in [5.41, 5.74) is 1.58. The third-order valence-corrected chi connectivity index (χ3v) is 6.64. The Morgan fingerprint density at radius 1 is 1.14 bits per heavy atom. The lowest BCUT2D eigenvalue weighted by Gasteiger charge is -2.13. The molecular formula is C25H22N4O6. The largest absolute Gasteiger partial charge is 0.477 e. The first-order valence-electron chi connectivity index (χ1n) is 11.2. The van der Waals surface area contributed by atoms with Crippen LogP contribution in [-0.2, 0) is 14.4 Å². The number of amides is 3. The lowest BCUT2D eigenvalue weighted by atomic mass is 9.85. The van der Waals surface area contributed by atoms with Crippen molar-refractivity contribution < 1.29 is 24.0 Å². The fourth-order valence-corrected chi connectivity index (χ4v) is 4.98. The number of hydrazone groups is 1. The maximum atomic E-state index is 12.7. The third-order valence-electron chi connectivity index (χ3n) is 6.64. The normalized spacial score (nSPS) is 24.3. The van der Waals surface area contributed by atoms with Gasteiger partial charge in [0, 0.05) is 17.3 Å². The van der Waals surface area contributed by atoms with Crippen molar-refractivity contribution in [2.24, 2.45) is 28.8 Å². The molecule has 35 heavy (non-hydrogen) atoms. The Morgan fingerprint density at radius 2 is 1.80 bits per heavy atom. The van der Waals surface area contributed by atoms with Crippen molar-refractivity contribution in [3.05, 3.63) is 75.9 Å². The van der Waals surface area contributed by atoms with Crippen molar-refractivity contribution in [2.75, 3.05) is 11.9 Å². The molecule has 2 aliphatic carbocycles. The summed E-state index contributed by atoms with van der Waals surface area (Å²) in [5.74, 6) is -1.81. The number of rotatable bonds is 7. The van der Waals surface area contributed by atoms with Gasteiger partial charge in [-0.1, -0.05) is 29.8 Å². The molecule has 5 rings (SSSR count). The zero-order valence-corrected chi connectivity index (χ0v) is 18.8. The van der Waals surface area contributed by atoms with Crippen LogP contribution in [0.5, 0.6) is 5.75 Å². The van der Waals surface area contributed by atoms with Crippen LogP contribution in [0.15, 0.2) is 59.7 Å². The number of ether oxygens (including phenoxy) is 1. The van der Waals surface area contributed by atoms with Gasteiger partial charge in [0.2, 0.25) is 0 Å². The molecule has 2 aromatic carbocycles. The van der Waals surface area contributed by atoms with E-state index in [0.29, 0.717) is 11.3 Å². The number of hydrogen-bond acceptors (Lipinski definition) is 7. The highest BCUT2D eigenvalue weighted by Gasteiger charge is 2.59. The first-order valence-corrected chi connectivity index (χ1v) is 11.2. The molecule has 2 fully saturated rings. The molecule has 10 heteroatoms. The van der Waals surface area contributed by atoms with Gasteiger partial charge >= 0.3 is 5.69 Å². The van der Waals surface area contributed by atoms with E-state index in [1.807, 2.05) is 31.2 Å². The number of carbonyl (C=O) groups is 3. The van der Waals surface area contributed by atoms with Crippen molar-refractivity contribution in [3.8, 4) is 5.75 Å². The zero-order chi connectivity index (χ0) is 24.7. The second-order valence-corrected chi connectivity index (χ2v) is 8.92. The van der Waals surface area contributed by atoms with E-state index in [4.69, 9.17) is 4.74 Å². The summed E-state index contributed by atoms with van der Waals surface area (Å²) in [6, 6.07) is 11.2. The van der Waals surface area contributed by atoms with Crippen LogP contribution >= 0.6 is 0 Å². The van der Waals surface area contributed by atoms with E-state index < -0.39 is 17.4 Å². The number of nitrogens with one attached hydrogen (secondary N) is 1. The van der Waals surface area contributed by atoms with Crippen LogP contribution in [0.4, 0.5) is 11.4 Å². The van der Waals surface area contributed by atoms with Crippen LogP contribution in [0.3, 0.4) is 0 Å². The summed E-state index contributed by atoms with van der Waals surface area (Å²) in [7, 11) is 0. The maximum Gasteiger partial charge on any atom is 0.311 e. The summed E-state index contributed by atoms with van der Waals surface area (Å²) in [6.45, 7) is 1.51. The predicted molar refractivity (Wildman–Crippen MR) is 126 cm³/mol. The maximum absolute atomic E-state index is 12.7. The van der Waals surface area contributed by atoms with E-state index in [1.54, 1.807) is 12.1 Å². The van der Waals surface area contributed by atoms with Gasteiger partial charge in [0.25, 0.3) is 17.7 Å². The minimum Gasteiger partial charge on any atom is -0.477 e. The van der Waals surface area contributed by atoms with Crippen molar-refractivity contribution >= 4 is 35.3 Å². The highest BCUT2D eigenvalue weighted by atomic mass is 16.6. The summed E-state index contributed by atoms with van der Waals surface area (Å²) < 4.78 is 5.38. The number of nitrogens with zero attached hydrogens (tertiary/aromatic N) is 3. The molecule has 1 aliphatic heterocycles. The van der Waals surface area contributed by atoms with Crippen LogP contribution in [-0.4, -0.2) is 40.5 Å². The van der Waals surface area contributed by atoms with E-state index >= 15 is 0 Å². The first kappa shape index (κ1) is 22.5. The van der Waals surface area contributed by atoms with Gasteiger partial charge in [-0.05, 0) is 49.4 Å². The number of carbonyl (C=O) groups excluding carboxylic acids is 3. The van der Waals surface area contributed by atoms with Gasteiger partial charge in [0.05, 0.1) is 23.0 Å². The molecule has 0 unspecified atom stereocenters. The van der Waals surface area contributed by atoms with Crippen molar-refractivity contribution in [1.82, 2.24) is 5.01 Å². The number of hydrogen-bond donors (Lipinski definition) is 1. The Labute approximate surface area is 200 Å². The Bertz CT molecular complexity index is 1260. The summed E-state index contributed by atoms with van der Waals surface area (Å²) >= 11 is 0. The van der Waals surface area contributed by atoms with Gasteiger partial charge in [-0.3, -0.25) is 24.5 Å². The molecule has 1 N–H and O–H groups in total. The Hall–Kier alpha value is -4.34. The van der Waals surface area contributed by atoms with E-state index in [1.165, 1.54) is 24.4 Å². The van der Waals surface area contributed by atoms with Crippen LogP contribution in [0.25, 0.3) is 0 Å². The zero-order valence-electron chi connectivity index (χ0n) is 18.8. The minimum absolute atomic E-state index is 0.0716. The second kappa shape index (κ2) is 8.79. The van der Waals surface area contributed by atoms with Gasteiger partial charge in [-0.2, -0.15) is 10.1 Å². The summed E-state index contributed by atoms with van der Waals surface area (Å²) in [4.78, 5) is 48.6. The number of nitro groups is 1. The summed E-state index contributed by atoms with van der Waals surface area (Å²) in [5, 5.41) is 19.2. The predicted octanol–water partition coefficient (Wildman–Crippen LogP) is 3.06. The number of allylic oxidation sites excluding steroid dienone is 2. The van der Waals surface area contributed by atoms with E-state index in [2.05, 4.69) is 10.4 Å². The molecule has 1 saturated carbocycles. The Kier molecular flexibility index (Phi) is 5.64. The van der Waals surface area contributed by atoms with Crippen LogP contribution in [0, 0.1) is 40.7 Å². The van der Waals surface area contributed by atoms with Crippen LogP contribution < -0.4 is 10.1 Å². The second-order valence-electron chi connectivity index (χ2n) is 8.92. The molecule has 2 aromatic rings. The monoisotopic (exact) mass is 474 g/mol. The molecule has 3 amide bonds. The molecular weight excluding hydrogens is 452 g/mol. The first-order chi connectivity index (χ1) is 16.8. The van der Waals surface area contributed by atoms with Gasteiger partial charge in [-0.25, -0.2) is 0 Å². The van der Waals surface area contributed by atoms with Crippen LogP contribution in [0.1, 0.15) is 17.5 Å². The highest BCUT2D eigenvalue weighted by Crippen LogP contribution is 2.52. The van der Waals surface area contributed by atoms with Gasteiger partial charge in [-0.15, -0.1) is 0 Å². The van der Waals surface area contributed by atoms with Crippen molar-refractivity contribution in [1.29, 1.82) is 0 Å². The highest BCUT2D eigenvalue weighted by molar-refractivity contribution is 6.06. The van der Waals surface area contributed by atoms with E-state index in [0.717, 1.165) is 17.0 Å². The van der Waals surface area contributed by atoms with E-state index in [-0.39, 0.29) is 46.9 Å².